The van der Waals surface area contributed by atoms with Crippen molar-refractivity contribution in [1.29, 1.82) is 0 Å². The summed E-state index contributed by atoms with van der Waals surface area (Å²) in [6.45, 7) is 3.28. The first kappa shape index (κ1) is 13.1. The molecule has 0 heterocycles. The van der Waals surface area contributed by atoms with E-state index in [4.69, 9.17) is 0 Å². The van der Waals surface area contributed by atoms with Crippen LogP contribution in [0.3, 0.4) is 0 Å². The van der Waals surface area contributed by atoms with Gasteiger partial charge in [0.1, 0.15) is 5.78 Å². The number of ketones is 1. The van der Waals surface area contributed by atoms with Crippen LogP contribution < -0.4 is 5.32 Å². The number of carbonyl (C=O) groups excluding carboxylic acids is 2. The van der Waals surface area contributed by atoms with Gasteiger partial charge in [0.25, 0.3) is 0 Å². The molecule has 0 aliphatic heterocycles. The van der Waals surface area contributed by atoms with Crippen LogP contribution in [0.2, 0.25) is 0 Å². The second kappa shape index (κ2) is 7.50. The normalized spacial score (nSPS) is 10.3. The number of carbonyl (C=O) groups is 2. The molecule has 0 saturated carbocycles. The zero-order valence-electron chi connectivity index (χ0n) is 9.30. The lowest BCUT2D eigenvalue weighted by molar-refractivity contribution is -0.125. The van der Waals surface area contributed by atoms with Gasteiger partial charge in [-0.05, 0) is 14.1 Å². The summed E-state index contributed by atoms with van der Waals surface area (Å²) in [4.78, 5) is 24.1. The van der Waals surface area contributed by atoms with Gasteiger partial charge >= 0.3 is 0 Å². The Kier molecular flexibility index (Phi) is 7.02. The highest BCUT2D eigenvalue weighted by molar-refractivity contribution is 5.84. The van der Waals surface area contributed by atoms with Gasteiger partial charge in [-0.25, -0.2) is 0 Å². The Hall–Kier alpha value is -0.900. The van der Waals surface area contributed by atoms with Gasteiger partial charge in [-0.2, -0.15) is 0 Å². The predicted molar refractivity (Wildman–Crippen MR) is 56.1 cm³/mol. The van der Waals surface area contributed by atoms with Crippen LogP contribution in [0.5, 0.6) is 0 Å². The van der Waals surface area contributed by atoms with E-state index in [1.54, 1.807) is 0 Å². The number of amides is 1. The Labute approximate surface area is 85.7 Å². The smallest absolute Gasteiger partial charge is 0.220 e. The van der Waals surface area contributed by atoms with Crippen molar-refractivity contribution in [3.63, 3.8) is 0 Å². The molecule has 0 radical (unpaired) electrons. The van der Waals surface area contributed by atoms with Crippen molar-refractivity contribution in [3.05, 3.63) is 0 Å². The van der Waals surface area contributed by atoms with Gasteiger partial charge < -0.3 is 10.2 Å². The minimum Gasteiger partial charge on any atom is -0.355 e. The molecule has 0 aromatic rings. The van der Waals surface area contributed by atoms with E-state index in [0.29, 0.717) is 25.8 Å². The molecule has 0 bridgehead atoms. The maximum Gasteiger partial charge on any atom is 0.220 e. The molecule has 1 N–H and O–H groups in total. The molecule has 4 heteroatoms. The molecular formula is C10H20N2O2. The van der Waals surface area contributed by atoms with E-state index in [-0.39, 0.29) is 11.7 Å². The van der Waals surface area contributed by atoms with Crippen molar-refractivity contribution in [2.75, 3.05) is 27.2 Å². The van der Waals surface area contributed by atoms with E-state index >= 15 is 0 Å². The molecule has 0 spiro atoms. The van der Waals surface area contributed by atoms with E-state index in [2.05, 4.69) is 5.32 Å². The number of nitrogens with zero attached hydrogens (tertiary/aromatic N) is 1. The van der Waals surface area contributed by atoms with Gasteiger partial charge in [-0.15, -0.1) is 0 Å². The molecule has 1 amide bonds. The minimum absolute atomic E-state index is 0.0337. The molecule has 0 fully saturated rings. The SMILES string of the molecule is CCC(=O)CCC(=O)NCCN(C)C. The van der Waals surface area contributed by atoms with Crippen LogP contribution in [0, 0.1) is 0 Å². The highest BCUT2D eigenvalue weighted by Crippen LogP contribution is 1.93. The number of likely N-dealkylation sites (N-methyl/N-ethyl adjacent to an activating group) is 1. The minimum atomic E-state index is -0.0337. The van der Waals surface area contributed by atoms with Crippen molar-refractivity contribution < 1.29 is 9.59 Å². The van der Waals surface area contributed by atoms with Gasteiger partial charge in [0.2, 0.25) is 5.91 Å². The highest BCUT2D eigenvalue weighted by Gasteiger charge is 2.04. The molecule has 0 atom stereocenters. The quantitative estimate of drug-likeness (QED) is 0.648. The summed E-state index contributed by atoms with van der Waals surface area (Å²) in [5.41, 5.74) is 0. The summed E-state index contributed by atoms with van der Waals surface area (Å²) in [7, 11) is 3.90. The monoisotopic (exact) mass is 200 g/mol. The molecular weight excluding hydrogens is 180 g/mol. The van der Waals surface area contributed by atoms with Crippen LogP contribution in [0.4, 0.5) is 0 Å². The van der Waals surface area contributed by atoms with Crippen molar-refractivity contribution in [2.45, 2.75) is 26.2 Å². The standard InChI is InChI=1S/C10H20N2O2/c1-4-9(13)5-6-10(14)11-7-8-12(2)3/h4-8H2,1-3H3,(H,11,14). The first-order valence-electron chi connectivity index (χ1n) is 4.99. The Morgan fingerprint density at radius 1 is 1.21 bits per heavy atom. The van der Waals surface area contributed by atoms with Gasteiger partial charge in [0, 0.05) is 32.4 Å². The molecule has 4 nitrogen and oxygen atoms in total. The topological polar surface area (TPSA) is 49.4 Å². The average molecular weight is 200 g/mol. The summed E-state index contributed by atoms with van der Waals surface area (Å²) in [5.74, 6) is 0.112. The molecule has 0 aromatic carbocycles. The molecule has 0 aliphatic rings. The third-order valence-corrected chi connectivity index (χ3v) is 1.91. The lowest BCUT2D eigenvalue weighted by Crippen LogP contribution is -2.31. The second-order valence-electron chi connectivity index (χ2n) is 3.55. The molecule has 0 rings (SSSR count). The van der Waals surface area contributed by atoms with Crippen molar-refractivity contribution >= 4 is 11.7 Å². The van der Waals surface area contributed by atoms with Crippen molar-refractivity contribution in [2.24, 2.45) is 0 Å². The van der Waals surface area contributed by atoms with Gasteiger partial charge in [-0.3, -0.25) is 9.59 Å². The summed E-state index contributed by atoms with van der Waals surface area (Å²) >= 11 is 0. The zero-order valence-corrected chi connectivity index (χ0v) is 9.30. The zero-order chi connectivity index (χ0) is 11.0. The lowest BCUT2D eigenvalue weighted by Gasteiger charge is -2.09. The van der Waals surface area contributed by atoms with Gasteiger partial charge in [0.15, 0.2) is 0 Å². The first-order valence-corrected chi connectivity index (χ1v) is 4.99. The van der Waals surface area contributed by atoms with Crippen LogP contribution in [-0.4, -0.2) is 43.8 Å². The maximum atomic E-state index is 11.2. The van der Waals surface area contributed by atoms with E-state index in [0.717, 1.165) is 6.54 Å². The fourth-order valence-corrected chi connectivity index (χ4v) is 0.937. The fourth-order valence-electron chi connectivity index (χ4n) is 0.937. The maximum absolute atomic E-state index is 11.2. The number of nitrogens with one attached hydrogen (secondary N) is 1. The van der Waals surface area contributed by atoms with E-state index < -0.39 is 0 Å². The molecule has 0 aromatic heterocycles. The first-order chi connectivity index (χ1) is 6.56. The van der Waals surface area contributed by atoms with Crippen LogP contribution >= 0.6 is 0 Å². The van der Waals surface area contributed by atoms with Crippen molar-refractivity contribution in [1.82, 2.24) is 10.2 Å². The third-order valence-electron chi connectivity index (χ3n) is 1.91. The molecule has 14 heavy (non-hydrogen) atoms. The summed E-state index contributed by atoms with van der Waals surface area (Å²) in [5, 5.41) is 2.76. The van der Waals surface area contributed by atoms with Crippen molar-refractivity contribution in [3.8, 4) is 0 Å². The number of rotatable bonds is 7. The van der Waals surface area contributed by atoms with Crippen LogP contribution in [0.15, 0.2) is 0 Å². The number of hydrogen-bond donors (Lipinski definition) is 1. The van der Waals surface area contributed by atoms with Gasteiger partial charge in [0.05, 0.1) is 0 Å². The number of Topliss-reactive ketones (excluding diaryl/α,β-unsaturated/α-hetero) is 1. The summed E-state index contributed by atoms with van der Waals surface area (Å²) in [6, 6.07) is 0. The van der Waals surface area contributed by atoms with E-state index in [1.807, 2.05) is 25.9 Å². The van der Waals surface area contributed by atoms with Crippen LogP contribution in [0.1, 0.15) is 26.2 Å². The summed E-state index contributed by atoms with van der Waals surface area (Å²) in [6.07, 6.45) is 1.20. The van der Waals surface area contributed by atoms with Crippen LogP contribution in [-0.2, 0) is 9.59 Å². The fraction of sp³-hybridized carbons (Fsp3) is 0.800. The number of hydrogen-bond acceptors (Lipinski definition) is 3. The molecule has 82 valence electrons. The third kappa shape index (κ3) is 7.73. The second-order valence-corrected chi connectivity index (χ2v) is 3.55. The lowest BCUT2D eigenvalue weighted by atomic mass is 10.2. The Morgan fingerprint density at radius 2 is 1.86 bits per heavy atom. The van der Waals surface area contributed by atoms with E-state index in [9.17, 15) is 9.59 Å². The molecule has 0 saturated heterocycles. The molecule has 0 unspecified atom stereocenters. The largest absolute Gasteiger partial charge is 0.355 e. The van der Waals surface area contributed by atoms with E-state index in [1.165, 1.54) is 0 Å². The van der Waals surface area contributed by atoms with Crippen LogP contribution in [0.25, 0.3) is 0 Å². The Morgan fingerprint density at radius 3 is 2.36 bits per heavy atom. The Balaban J connectivity index is 3.42. The Bertz CT molecular complexity index is 191. The summed E-state index contributed by atoms with van der Waals surface area (Å²) < 4.78 is 0. The average Bonchev–Trinajstić information content (AvgIpc) is 2.13. The predicted octanol–water partition coefficient (Wildman–Crippen LogP) is 0.424. The molecule has 0 aliphatic carbocycles. The van der Waals surface area contributed by atoms with Gasteiger partial charge in [-0.1, -0.05) is 6.92 Å². The highest BCUT2D eigenvalue weighted by atomic mass is 16.2.